The van der Waals surface area contributed by atoms with E-state index >= 15 is 0 Å². The lowest BCUT2D eigenvalue weighted by atomic mass is 10.1. The van der Waals surface area contributed by atoms with Crippen molar-refractivity contribution in [1.29, 1.82) is 0 Å². The topological polar surface area (TPSA) is 72.0 Å². The van der Waals surface area contributed by atoms with Gasteiger partial charge in [-0.1, -0.05) is 18.2 Å². The molecule has 2 amide bonds. The molecule has 7 heteroatoms. The Morgan fingerprint density at radius 2 is 1.90 bits per heavy atom. The number of likely N-dealkylation sites (tertiary alicyclic amines) is 1. The maximum absolute atomic E-state index is 13.1. The second kappa shape index (κ2) is 10.2. The molecule has 2 heterocycles. The molecule has 1 aliphatic rings. The Morgan fingerprint density at radius 1 is 1.17 bits per heavy atom. The maximum atomic E-state index is 13.1. The van der Waals surface area contributed by atoms with E-state index in [0.717, 1.165) is 24.1 Å². The fourth-order valence-corrected chi connectivity index (χ4v) is 3.55. The Morgan fingerprint density at radius 3 is 2.60 bits per heavy atom. The first-order chi connectivity index (χ1) is 14.5. The molecule has 1 fully saturated rings. The SMILES string of the molecule is COCC(=O)N1CCC(Oc2ccccc2C(=O)N(C)Cc2ncccc2C)CC1. The Hall–Kier alpha value is -2.93. The summed E-state index contributed by atoms with van der Waals surface area (Å²) in [6.45, 7) is 3.77. The number of nitrogens with zero attached hydrogens (tertiary/aromatic N) is 3. The molecule has 3 rings (SSSR count). The summed E-state index contributed by atoms with van der Waals surface area (Å²) in [4.78, 5) is 32.9. The zero-order valence-corrected chi connectivity index (χ0v) is 17.8. The van der Waals surface area contributed by atoms with Crippen LogP contribution in [0.5, 0.6) is 5.75 Å². The molecule has 2 aromatic rings. The number of aryl methyl sites for hydroxylation is 1. The van der Waals surface area contributed by atoms with Crippen LogP contribution in [-0.2, 0) is 16.1 Å². The molecular weight excluding hydrogens is 382 g/mol. The van der Waals surface area contributed by atoms with Crippen LogP contribution in [0.2, 0.25) is 0 Å². The van der Waals surface area contributed by atoms with Crippen LogP contribution in [0.4, 0.5) is 0 Å². The zero-order valence-electron chi connectivity index (χ0n) is 17.8. The van der Waals surface area contributed by atoms with Crippen molar-refractivity contribution in [3.05, 3.63) is 59.4 Å². The standard InChI is InChI=1S/C23H29N3O4/c1-17-7-6-12-24-20(17)15-25(2)23(28)19-8-4-5-9-21(19)30-18-10-13-26(14-11-18)22(27)16-29-3/h4-9,12,18H,10-11,13-16H2,1-3H3. The van der Waals surface area contributed by atoms with Crippen molar-refractivity contribution in [3.8, 4) is 5.75 Å². The van der Waals surface area contributed by atoms with Crippen LogP contribution in [0, 0.1) is 6.92 Å². The predicted molar refractivity (Wildman–Crippen MR) is 113 cm³/mol. The third kappa shape index (κ3) is 5.36. The molecule has 0 bridgehead atoms. The number of pyridine rings is 1. The Kier molecular flexibility index (Phi) is 7.41. The fourth-order valence-electron chi connectivity index (χ4n) is 3.55. The van der Waals surface area contributed by atoms with Gasteiger partial charge in [-0.15, -0.1) is 0 Å². The summed E-state index contributed by atoms with van der Waals surface area (Å²) in [5.41, 5.74) is 2.46. The normalized spacial score (nSPS) is 14.4. The Balaban J connectivity index is 1.64. The fraction of sp³-hybridized carbons (Fsp3) is 0.435. The molecule has 30 heavy (non-hydrogen) atoms. The van der Waals surface area contributed by atoms with Crippen molar-refractivity contribution < 1.29 is 19.1 Å². The van der Waals surface area contributed by atoms with E-state index in [1.165, 1.54) is 7.11 Å². The van der Waals surface area contributed by atoms with Gasteiger partial charge in [0, 0.05) is 46.3 Å². The summed E-state index contributed by atoms with van der Waals surface area (Å²) < 4.78 is 11.1. The van der Waals surface area contributed by atoms with Gasteiger partial charge in [0.15, 0.2) is 0 Å². The van der Waals surface area contributed by atoms with Crippen LogP contribution in [0.15, 0.2) is 42.6 Å². The molecule has 0 unspecified atom stereocenters. The summed E-state index contributed by atoms with van der Waals surface area (Å²) >= 11 is 0. The number of carbonyl (C=O) groups is 2. The van der Waals surface area contributed by atoms with Crippen molar-refractivity contribution >= 4 is 11.8 Å². The van der Waals surface area contributed by atoms with E-state index in [9.17, 15) is 9.59 Å². The minimum absolute atomic E-state index is 0.00188. The number of benzene rings is 1. The van der Waals surface area contributed by atoms with E-state index in [0.29, 0.717) is 30.9 Å². The van der Waals surface area contributed by atoms with Crippen LogP contribution in [-0.4, -0.2) is 66.6 Å². The molecule has 0 spiro atoms. The second-order valence-corrected chi connectivity index (χ2v) is 7.56. The van der Waals surface area contributed by atoms with Gasteiger partial charge in [0.2, 0.25) is 5.91 Å². The number of hydrogen-bond donors (Lipinski definition) is 0. The third-order valence-electron chi connectivity index (χ3n) is 5.33. The van der Waals surface area contributed by atoms with E-state index in [1.807, 2.05) is 37.3 Å². The van der Waals surface area contributed by atoms with Gasteiger partial charge in [-0.2, -0.15) is 0 Å². The number of para-hydroxylation sites is 1. The lowest BCUT2D eigenvalue weighted by molar-refractivity contribution is -0.136. The van der Waals surface area contributed by atoms with Gasteiger partial charge in [0.1, 0.15) is 18.5 Å². The number of amides is 2. The molecule has 7 nitrogen and oxygen atoms in total. The summed E-state index contributed by atoms with van der Waals surface area (Å²) in [6.07, 6.45) is 3.15. The van der Waals surface area contributed by atoms with Gasteiger partial charge in [0.25, 0.3) is 5.91 Å². The van der Waals surface area contributed by atoms with E-state index in [2.05, 4.69) is 4.98 Å². The van der Waals surface area contributed by atoms with Crippen molar-refractivity contribution in [2.75, 3.05) is 33.9 Å². The highest BCUT2D eigenvalue weighted by molar-refractivity contribution is 5.96. The van der Waals surface area contributed by atoms with Gasteiger partial charge in [-0.25, -0.2) is 0 Å². The molecule has 0 N–H and O–H groups in total. The predicted octanol–water partition coefficient (Wildman–Crippen LogP) is 2.68. The largest absolute Gasteiger partial charge is 0.489 e. The maximum Gasteiger partial charge on any atom is 0.257 e. The van der Waals surface area contributed by atoms with Crippen molar-refractivity contribution in [2.24, 2.45) is 0 Å². The number of rotatable bonds is 7. The number of methoxy groups -OCH3 is 1. The van der Waals surface area contributed by atoms with Crippen LogP contribution < -0.4 is 4.74 Å². The average Bonchev–Trinajstić information content (AvgIpc) is 2.76. The number of aromatic nitrogens is 1. The molecule has 1 saturated heterocycles. The smallest absolute Gasteiger partial charge is 0.257 e. The summed E-state index contributed by atoms with van der Waals surface area (Å²) in [7, 11) is 3.29. The van der Waals surface area contributed by atoms with Crippen LogP contribution in [0.3, 0.4) is 0 Å². The van der Waals surface area contributed by atoms with E-state index in [4.69, 9.17) is 9.47 Å². The van der Waals surface area contributed by atoms with E-state index < -0.39 is 0 Å². The van der Waals surface area contributed by atoms with Crippen molar-refractivity contribution in [1.82, 2.24) is 14.8 Å². The molecule has 1 aromatic heterocycles. The molecule has 0 atom stereocenters. The molecular formula is C23H29N3O4. The number of hydrogen-bond acceptors (Lipinski definition) is 5. The summed E-state index contributed by atoms with van der Waals surface area (Å²) in [5, 5.41) is 0. The quantitative estimate of drug-likeness (QED) is 0.701. The number of ether oxygens (including phenoxy) is 2. The number of carbonyl (C=O) groups excluding carboxylic acids is 2. The minimum atomic E-state index is -0.108. The molecule has 1 aliphatic heterocycles. The first kappa shape index (κ1) is 21.8. The third-order valence-corrected chi connectivity index (χ3v) is 5.33. The number of piperidine rings is 1. The highest BCUT2D eigenvalue weighted by Gasteiger charge is 2.25. The summed E-state index contributed by atoms with van der Waals surface area (Å²) in [6, 6.07) is 11.2. The average molecular weight is 412 g/mol. The lowest BCUT2D eigenvalue weighted by Crippen LogP contribution is -2.43. The van der Waals surface area contributed by atoms with E-state index in [1.54, 1.807) is 29.1 Å². The first-order valence-corrected chi connectivity index (χ1v) is 10.2. The highest BCUT2D eigenvalue weighted by atomic mass is 16.5. The highest BCUT2D eigenvalue weighted by Crippen LogP contribution is 2.25. The molecule has 0 aliphatic carbocycles. The molecule has 0 saturated carbocycles. The van der Waals surface area contributed by atoms with Crippen molar-refractivity contribution in [3.63, 3.8) is 0 Å². The second-order valence-electron chi connectivity index (χ2n) is 7.56. The monoisotopic (exact) mass is 411 g/mol. The minimum Gasteiger partial charge on any atom is -0.489 e. The lowest BCUT2D eigenvalue weighted by Gasteiger charge is -2.32. The summed E-state index contributed by atoms with van der Waals surface area (Å²) in [5.74, 6) is 0.468. The van der Waals surface area contributed by atoms with Crippen molar-refractivity contribution in [2.45, 2.75) is 32.4 Å². The van der Waals surface area contributed by atoms with Gasteiger partial charge < -0.3 is 19.3 Å². The van der Waals surface area contributed by atoms with Gasteiger partial charge in [-0.3, -0.25) is 14.6 Å². The molecule has 0 radical (unpaired) electrons. The molecule has 1 aromatic carbocycles. The van der Waals surface area contributed by atoms with Gasteiger partial charge in [0.05, 0.1) is 17.8 Å². The molecule has 160 valence electrons. The van der Waals surface area contributed by atoms with Crippen LogP contribution >= 0.6 is 0 Å². The van der Waals surface area contributed by atoms with Crippen LogP contribution in [0.1, 0.15) is 34.5 Å². The zero-order chi connectivity index (χ0) is 21.5. The Labute approximate surface area is 177 Å². The van der Waals surface area contributed by atoms with Gasteiger partial charge in [-0.05, 0) is 30.7 Å². The van der Waals surface area contributed by atoms with E-state index in [-0.39, 0.29) is 24.5 Å². The first-order valence-electron chi connectivity index (χ1n) is 10.2. The van der Waals surface area contributed by atoms with Crippen LogP contribution in [0.25, 0.3) is 0 Å². The Bertz CT molecular complexity index is 878. The van der Waals surface area contributed by atoms with Gasteiger partial charge >= 0.3 is 0 Å².